The van der Waals surface area contributed by atoms with E-state index in [4.69, 9.17) is 18.9 Å². The first-order valence-electron chi connectivity index (χ1n) is 13.7. The Balaban J connectivity index is 1.38. The molecule has 0 radical (unpaired) electrons. The van der Waals surface area contributed by atoms with Crippen LogP contribution in [0, 0.1) is 0 Å². The maximum Gasteiger partial charge on any atom is 0.135 e. The van der Waals surface area contributed by atoms with Gasteiger partial charge >= 0.3 is 0 Å². The van der Waals surface area contributed by atoms with E-state index >= 15 is 0 Å². The molecule has 0 unspecified atom stereocenters. The third-order valence-corrected chi connectivity index (χ3v) is 6.98. The van der Waals surface area contributed by atoms with E-state index in [-0.39, 0.29) is 6.61 Å². The molecule has 40 heavy (non-hydrogen) atoms. The van der Waals surface area contributed by atoms with Crippen molar-refractivity contribution >= 4 is 0 Å². The number of hydrogen-bond donors (Lipinski definition) is 1. The zero-order valence-corrected chi connectivity index (χ0v) is 22.5. The summed E-state index contributed by atoms with van der Waals surface area (Å²) in [4.78, 5) is 0. The molecule has 0 saturated carbocycles. The standard InChI is InChI=1S/C35H36O5/c36-35(27-37-23-28-13-5-1-6-14-28)22-21-32(38-24-29-15-7-2-8-16-29)33(39-25-30-17-9-3-10-18-30)34(35)40-26-31-19-11-4-12-20-31/h1-22,32-34,36H,23-27H2/t32-,33+,34+,35+/m1/s1. The predicted molar refractivity (Wildman–Crippen MR) is 155 cm³/mol. The monoisotopic (exact) mass is 536 g/mol. The second-order valence-corrected chi connectivity index (χ2v) is 10.1. The fourth-order valence-corrected chi connectivity index (χ4v) is 4.82. The van der Waals surface area contributed by atoms with Gasteiger partial charge in [0.05, 0.1) is 33.0 Å². The van der Waals surface area contributed by atoms with Crippen molar-refractivity contribution in [3.05, 3.63) is 156 Å². The van der Waals surface area contributed by atoms with Gasteiger partial charge in [0.25, 0.3) is 0 Å². The minimum Gasteiger partial charge on any atom is -0.381 e. The molecule has 4 aromatic carbocycles. The first-order valence-corrected chi connectivity index (χ1v) is 13.7. The maximum atomic E-state index is 12.0. The van der Waals surface area contributed by atoms with Crippen molar-refractivity contribution in [2.24, 2.45) is 0 Å². The molecule has 0 fully saturated rings. The van der Waals surface area contributed by atoms with E-state index in [1.807, 2.05) is 127 Å². The fourth-order valence-electron chi connectivity index (χ4n) is 4.82. The summed E-state index contributed by atoms with van der Waals surface area (Å²) in [5.74, 6) is 0. The highest BCUT2D eigenvalue weighted by Gasteiger charge is 2.48. The van der Waals surface area contributed by atoms with Crippen LogP contribution in [0.1, 0.15) is 22.3 Å². The molecule has 4 atom stereocenters. The van der Waals surface area contributed by atoms with Gasteiger partial charge in [-0.15, -0.1) is 0 Å². The molecular weight excluding hydrogens is 500 g/mol. The smallest absolute Gasteiger partial charge is 0.135 e. The summed E-state index contributed by atoms with van der Waals surface area (Å²) in [5, 5.41) is 12.0. The number of ether oxygens (including phenoxy) is 4. The quantitative estimate of drug-likeness (QED) is 0.204. The van der Waals surface area contributed by atoms with Crippen LogP contribution in [0.25, 0.3) is 0 Å². The highest BCUT2D eigenvalue weighted by molar-refractivity contribution is 5.21. The Hall–Kier alpha value is -3.58. The van der Waals surface area contributed by atoms with E-state index in [2.05, 4.69) is 0 Å². The minimum atomic E-state index is -1.42. The Morgan fingerprint density at radius 2 is 0.950 bits per heavy atom. The molecule has 1 aliphatic rings. The van der Waals surface area contributed by atoms with Gasteiger partial charge in [-0.1, -0.05) is 127 Å². The fraction of sp³-hybridized carbons (Fsp3) is 0.257. The van der Waals surface area contributed by atoms with Gasteiger partial charge in [0.1, 0.15) is 23.9 Å². The van der Waals surface area contributed by atoms with Crippen LogP contribution in [0.15, 0.2) is 133 Å². The lowest BCUT2D eigenvalue weighted by Gasteiger charge is -2.43. The third-order valence-electron chi connectivity index (χ3n) is 6.98. The second kappa shape index (κ2) is 14.2. The SMILES string of the molecule is O[C@]1(COCc2ccccc2)C=C[C@@H](OCc2ccccc2)[C@H](OCc2ccccc2)[C@@H]1OCc1ccccc1. The van der Waals surface area contributed by atoms with Crippen molar-refractivity contribution in [1.82, 2.24) is 0 Å². The molecule has 4 aromatic rings. The number of aliphatic hydroxyl groups is 1. The van der Waals surface area contributed by atoms with Gasteiger partial charge in [-0.3, -0.25) is 0 Å². The molecule has 0 heterocycles. The number of rotatable bonds is 13. The Morgan fingerprint density at radius 1 is 0.525 bits per heavy atom. The van der Waals surface area contributed by atoms with Crippen LogP contribution in [0.5, 0.6) is 0 Å². The van der Waals surface area contributed by atoms with Crippen LogP contribution in [0.3, 0.4) is 0 Å². The Bertz CT molecular complexity index is 1300. The molecule has 1 N–H and O–H groups in total. The Morgan fingerprint density at radius 3 is 1.45 bits per heavy atom. The van der Waals surface area contributed by atoms with Crippen LogP contribution >= 0.6 is 0 Å². The van der Waals surface area contributed by atoms with Crippen molar-refractivity contribution < 1.29 is 24.1 Å². The van der Waals surface area contributed by atoms with Crippen LogP contribution in [0.4, 0.5) is 0 Å². The average molecular weight is 537 g/mol. The predicted octanol–water partition coefficient (Wildman–Crippen LogP) is 6.26. The molecule has 0 aliphatic heterocycles. The van der Waals surface area contributed by atoms with E-state index in [0.29, 0.717) is 26.4 Å². The maximum absolute atomic E-state index is 12.0. The van der Waals surface area contributed by atoms with Crippen LogP contribution < -0.4 is 0 Å². The Kier molecular flexibility index (Phi) is 9.91. The molecule has 0 saturated heterocycles. The van der Waals surface area contributed by atoms with Crippen molar-refractivity contribution in [3.8, 4) is 0 Å². The average Bonchev–Trinajstić information content (AvgIpc) is 3.01. The largest absolute Gasteiger partial charge is 0.381 e. The van der Waals surface area contributed by atoms with Crippen LogP contribution in [-0.2, 0) is 45.4 Å². The van der Waals surface area contributed by atoms with Crippen molar-refractivity contribution in [1.29, 1.82) is 0 Å². The van der Waals surface area contributed by atoms with E-state index < -0.39 is 23.9 Å². The molecule has 0 bridgehead atoms. The molecule has 0 amide bonds. The van der Waals surface area contributed by atoms with Gasteiger partial charge in [-0.05, 0) is 28.3 Å². The number of hydrogen-bond acceptors (Lipinski definition) is 5. The van der Waals surface area contributed by atoms with E-state index in [9.17, 15) is 5.11 Å². The van der Waals surface area contributed by atoms with E-state index in [1.54, 1.807) is 6.08 Å². The minimum absolute atomic E-state index is 0.0501. The summed E-state index contributed by atoms with van der Waals surface area (Å²) in [5.41, 5.74) is 2.72. The molecule has 5 nitrogen and oxygen atoms in total. The number of benzene rings is 4. The molecule has 206 valence electrons. The van der Waals surface area contributed by atoms with Crippen LogP contribution in [0.2, 0.25) is 0 Å². The lowest BCUT2D eigenvalue weighted by molar-refractivity contribution is -0.209. The molecule has 0 spiro atoms. The second-order valence-electron chi connectivity index (χ2n) is 10.1. The lowest BCUT2D eigenvalue weighted by atomic mass is 9.84. The summed E-state index contributed by atoms with van der Waals surface area (Å²) >= 11 is 0. The topological polar surface area (TPSA) is 57.2 Å². The summed E-state index contributed by atoms with van der Waals surface area (Å²) in [6.45, 7) is 1.52. The normalized spacial score (nSPS) is 22.3. The van der Waals surface area contributed by atoms with Crippen molar-refractivity contribution in [2.45, 2.75) is 50.3 Å². The summed E-state index contributed by atoms with van der Waals surface area (Å²) in [6, 6.07) is 39.9. The van der Waals surface area contributed by atoms with Gasteiger partial charge in [-0.25, -0.2) is 0 Å². The molecule has 0 aromatic heterocycles. The van der Waals surface area contributed by atoms with Gasteiger partial charge in [0.15, 0.2) is 0 Å². The van der Waals surface area contributed by atoms with Gasteiger partial charge in [0.2, 0.25) is 0 Å². The van der Waals surface area contributed by atoms with E-state index in [1.165, 1.54) is 0 Å². The Labute approximate surface area is 236 Å². The highest BCUT2D eigenvalue weighted by atomic mass is 16.6. The molecule has 1 aliphatic carbocycles. The van der Waals surface area contributed by atoms with Crippen molar-refractivity contribution in [3.63, 3.8) is 0 Å². The van der Waals surface area contributed by atoms with Gasteiger partial charge in [0, 0.05) is 0 Å². The lowest BCUT2D eigenvalue weighted by Crippen LogP contribution is -2.59. The zero-order chi connectivity index (χ0) is 27.5. The highest BCUT2D eigenvalue weighted by Crippen LogP contribution is 2.32. The molecular formula is C35H36O5. The first-order chi connectivity index (χ1) is 19.7. The first kappa shape index (κ1) is 28.0. The van der Waals surface area contributed by atoms with Gasteiger partial charge in [-0.2, -0.15) is 0 Å². The molecule has 5 heteroatoms. The van der Waals surface area contributed by atoms with Crippen LogP contribution in [-0.4, -0.2) is 35.6 Å². The van der Waals surface area contributed by atoms with E-state index in [0.717, 1.165) is 22.3 Å². The summed E-state index contributed by atoms with van der Waals surface area (Å²) in [7, 11) is 0. The summed E-state index contributed by atoms with van der Waals surface area (Å²) in [6.07, 6.45) is 1.89. The van der Waals surface area contributed by atoms with Gasteiger partial charge < -0.3 is 24.1 Å². The summed E-state index contributed by atoms with van der Waals surface area (Å²) < 4.78 is 25.4. The molecule has 5 rings (SSSR count). The zero-order valence-electron chi connectivity index (χ0n) is 22.5. The van der Waals surface area contributed by atoms with Crippen molar-refractivity contribution in [2.75, 3.05) is 6.61 Å². The third kappa shape index (κ3) is 7.75.